The van der Waals surface area contributed by atoms with Crippen molar-refractivity contribution < 1.29 is 27.8 Å². The molecule has 0 saturated heterocycles. The normalized spacial score (nSPS) is 12.0. The van der Waals surface area contributed by atoms with Crippen molar-refractivity contribution in [1.82, 2.24) is 5.32 Å². The van der Waals surface area contributed by atoms with Crippen LogP contribution in [-0.4, -0.2) is 12.7 Å². The summed E-state index contributed by atoms with van der Waals surface area (Å²) < 4.78 is 34.6. The van der Waals surface area contributed by atoms with Crippen molar-refractivity contribution in [3.05, 3.63) is 77.5 Å². The molecule has 0 atom stereocenters. The van der Waals surface area contributed by atoms with E-state index in [1.165, 1.54) is 12.1 Å². The third-order valence-corrected chi connectivity index (χ3v) is 3.98. The Morgan fingerprint density at radius 2 is 1.85 bits per heavy atom. The first-order valence-corrected chi connectivity index (χ1v) is 8.31. The fourth-order valence-electron chi connectivity index (χ4n) is 2.57. The highest BCUT2D eigenvalue weighted by Crippen LogP contribution is 2.35. The van der Waals surface area contributed by atoms with Crippen molar-refractivity contribution in [3.63, 3.8) is 0 Å². The Morgan fingerprint density at radius 1 is 1.04 bits per heavy atom. The average molecular weight is 369 g/mol. The zero-order valence-electron chi connectivity index (χ0n) is 14.2. The molecule has 0 bridgehead atoms. The van der Waals surface area contributed by atoms with Gasteiger partial charge in [0.2, 0.25) is 6.79 Å². The van der Waals surface area contributed by atoms with E-state index >= 15 is 0 Å². The van der Waals surface area contributed by atoms with Gasteiger partial charge in [-0.25, -0.2) is 4.39 Å². The first-order valence-electron chi connectivity index (χ1n) is 8.31. The monoisotopic (exact) mass is 369 g/mol. The molecule has 1 N–H and O–H groups in total. The van der Waals surface area contributed by atoms with Gasteiger partial charge in [0.25, 0.3) is 5.91 Å². The number of amides is 1. The molecule has 0 unspecified atom stereocenters. The Bertz CT molecular complexity index is 951. The van der Waals surface area contributed by atoms with Gasteiger partial charge in [-0.2, -0.15) is 0 Å². The second-order valence-corrected chi connectivity index (χ2v) is 5.88. The largest absolute Gasteiger partial charge is 0.486 e. The van der Waals surface area contributed by atoms with Crippen LogP contribution in [0.3, 0.4) is 0 Å². The maximum atomic E-state index is 12.9. The van der Waals surface area contributed by atoms with Gasteiger partial charge in [0.05, 0.1) is 0 Å². The van der Waals surface area contributed by atoms with Crippen molar-refractivity contribution in [2.45, 2.75) is 13.2 Å². The summed E-state index contributed by atoms with van der Waals surface area (Å²) in [5.74, 6) is 1.95. The minimum atomic E-state index is -0.353. The van der Waals surface area contributed by atoms with Gasteiger partial charge in [-0.05, 0) is 42.0 Å². The molecule has 0 saturated carbocycles. The van der Waals surface area contributed by atoms with Crippen LogP contribution in [0.4, 0.5) is 4.39 Å². The lowest BCUT2D eigenvalue weighted by atomic mass is 10.2. The van der Waals surface area contributed by atoms with E-state index in [1.807, 2.05) is 0 Å². The smallest absolute Gasteiger partial charge is 0.287 e. The van der Waals surface area contributed by atoms with E-state index in [1.54, 1.807) is 42.5 Å². The van der Waals surface area contributed by atoms with E-state index in [-0.39, 0.29) is 37.4 Å². The summed E-state index contributed by atoms with van der Waals surface area (Å²) in [6.45, 7) is 0.654. The SMILES string of the molecule is O=C(NCc1ccc(F)cc1)c1ccc(COc2ccc3c(c2)OCO3)o1. The summed E-state index contributed by atoms with van der Waals surface area (Å²) in [7, 11) is 0. The fraction of sp³-hybridized carbons (Fsp3) is 0.150. The van der Waals surface area contributed by atoms with Gasteiger partial charge in [0, 0.05) is 12.6 Å². The lowest BCUT2D eigenvalue weighted by Gasteiger charge is -2.05. The summed E-state index contributed by atoms with van der Waals surface area (Å²) in [6.07, 6.45) is 0. The van der Waals surface area contributed by atoms with Crippen LogP contribution in [0.2, 0.25) is 0 Å². The van der Waals surface area contributed by atoms with Gasteiger partial charge < -0.3 is 23.9 Å². The predicted molar refractivity (Wildman–Crippen MR) is 93.2 cm³/mol. The van der Waals surface area contributed by atoms with E-state index in [0.29, 0.717) is 23.0 Å². The van der Waals surface area contributed by atoms with E-state index in [2.05, 4.69) is 5.32 Å². The summed E-state index contributed by atoms with van der Waals surface area (Å²) in [5, 5.41) is 2.72. The lowest BCUT2D eigenvalue weighted by Crippen LogP contribution is -2.22. The molecule has 1 aliphatic heterocycles. The van der Waals surface area contributed by atoms with Crippen molar-refractivity contribution in [2.24, 2.45) is 0 Å². The number of nitrogens with one attached hydrogen (secondary N) is 1. The van der Waals surface area contributed by atoms with Crippen LogP contribution in [0.5, 0.6) is 17.2 Å². The number of hydrogen-bond acceptors (Lipinski definition) is 5. The predicted octanol–water partition coefficient (Wildman–Crippen LogP) is 3.66. The second-order valence-electron chi connectivity index (χ2n) is 5.88. The summed E-state index contributed by atoms with van der Waals surface area (Å²) in [5.41, 5.74) is 0.794. The summed E-state index contributed by atoms with van der Waals surface area (Å²) in [6, 6.07) is 14.5. The Morgan fingerprint density at radius 3 is 2.70 bits per heavy atom. The number of ether oxygens (including phenoxy) is 3. The van der Waals surface area contributed by atoms with Gasteiger partial charge in [-0.3, -0.25) is 4.79 Å². The van der Waals surface area contributed by atoms with E-state index in [0.717, 1.165) is 5.56 Å². The van der Waals surface area contributed by atoms with Crippen molar-refractivity contribution in [1.29, 1.82) is 0 Å². The first-order chi connectivity index (χ1) is 13.2. The molecule has 2 heterocycles. The van der Waals surface area contributed by atoms with Crippen molar-refractivity contribution in [3.8, 4) is 17.2 Å². The van der Waals surface area contributed by atoms with Crippen LogP contribution in [0.25, 0.3) is 0 Å². The zero-order chi connectivity index (χ0) is 18.6. The molecule has 7 heteroatoms. The Hall–Kier alpha value is -3.48. The molecule has 0 aliphatic carbocycles. The standard InChI is InChI=1S/C20H16FNO5/c21-14-3-1-13(2-4-14)10-22-20(23)18-8-6-16(27-18)11-24-15-5-7-17-19(9-15)26-12-25-17/h1-9H,10-12H2,(H,22,23). The molecule has 6 nitrogen and oxygen atoms in total. The van der Waals surface area contributed by atoms with Crippen LogP contribution in [0.15, 0.2) is 59.0 Å². The number of furan rings is 1. The molecule has 1 aliphatic rings. The van der Waals surface area contributed by atoms with E-state index in [4.69, 9.17) is 18.6 Å². The molecule has 27 heavy (non-hydrogen) atoms. The highest BCUT2D eigenvalue weighted by molar-refractivity contribution is 5.91. The molecular weight excluding hydrogens is 353 g/mol. The molecule has 2 aromatic carbocycles. The molecule has 0 spiro atoms. The maximum Gasteiger partial charge on any atom is 0.287 e. The zero-order valence-corrected chi connectivity index (χ0v) is 14.2. The molecule has 0 radical (unpaired) electrons. The molecule has 1 amide bonds. The van der Waals surface area contributed by atoms with Crippen LogP contribution in [0.1, 0.15) is 21.9 Å². The molecule has 4 rings (SSSR count). The number of hydrogen-bond donors (Lipinski definition) is 1. The highest BCUT2D eigenvalue weighted by Gasteiger charge is 2.15. The van der Waals surface area contributed by atoms with Crippen molar-refractivity contribution >= 4 is 5.91 Å². The Balaban J connectivity index is 1.31. The van der Waals surface area contributed by atoms with Crippen LogP contribution in [0, 0.1) is 5.82 Å². The fourth-order valence-corrected chi connectivity index (χ4v) is 2.57. The highest BCUT2D eigenvalue weighted by atomic mass is 19.1. The van der Waals surface area contributed by atoms with Gasteiger partial charge in [-0.15, -0.1) is 0 Å². The summed E-state index contributed by atoms with van der Waals surface area (Å²) in [4.78, 5) is 12.2. The molecule has 0 fully saturated rings. The average Bonchev–Trinajstić information content (AvgIpc) is 3.34. The van der Waals surface area contributed by atoms with Gasteiger partial charge in [-0.1, -0.05) is 12.1 Å². The quantitative estimate of drug-likeness (QED) is 0.718. The van der Waals surface area contributed by atoms with Gasteiger partial charge >= 0.3 is 0 Å². The lowest BCUT2D eigenvalue weighted by molar-refractivity contribution is 0.0919. The van der Waals surface area contributed by atoms with Crippen LogP contribution in [-0.2, 0) is 13.2 Å². The first kappa shape index (κ1) is 17.0. The minimum Gasteiger partial charge on any atom is -0.486 e. The third-order valence-electron chi connectivity index (χ3n) is 3.98. The van der Waals surface area contributed by atoms with Crippen LogP contribution >= 0.6 is 0 Å². The maximum absolute atomic E-state index is 12.9. The number of rotatable bonds is 6. The van der Waals surface area contributed by atoms with Gasteiger partial charge in [0.1, 0.15) is 23.9 Å². The minimum absolute atomic E-state index is 0.172. The molecule has 1 aromatic heterocycles. The Kier molecular flexibility index (Phi) is 4.65. The number of halogens is 1. The number of benzene rings is 2. The number of fused-ring (bicyclic) bond motifs is 1. The topological polar surface area (TPSA) is 69.9 Å². The third kappa shape index (κ3) is 4.03. The molecular formula is C20H16FNO5. The number of carbonyl (C=O) groups is 1. The van der Waals surface area contributed by atoms with E-state index < -0.39 is 0 Å². The van der Waals surface area contributed by atoms with Gasteiger partial charge in [0.15, 0.2) is 17.3 Å². The molecule has 138 valence electrons. The Labute approximate surface area is 154 Å². The molecule has 3 aromatic rings. The number of carbonyl (C=O) groups excluding carboxylic acids is 1. The van der Waals surface area contributed by atoms with Crippen LogP contribution < -0.4 is 19.5 Å². The van der Waals surface area contributed by atoms with Crippen molar-refractivity contribution in [2.75, 3.05) is 6.79 Å². The van der Waals surface area contributed by atoms with E-state index in [9.17, 15) is 9.18 Å². The summed E-state index contributed by atoms with van der Waals surface area (Å²) >= 11 is 0. The second kappa shape index (κ2) is 7.41.